The van der Waals surface area contributed by atoms with Crippen LogP contribution in [0.4, 0.5) is 0 Å². The van der Waals surface area contributed by atoms with E-state index in [1.54, 1.807) is 31.4 Å². The third-order valence-corrected chi connectivity index (χ3v) is 3.99. The fraction of sp³-hybridized carbons (Fsp3) is 0.417. The van der Waals surface area contributed by atoms with Crippen molar-refractivity contribution in [2.24, 2.45) is 0 Å². The zero-order chi connectivity index (χ0) is 13.6. The van der Waals surface area contributed by atoms with Crippen molar-refractivity contribution in [3.8, 4) is 5.75 Å². The lowest BCUT2D eigenvalue weighted by atomic mass is 10.2. The second-order valence-corrected chi connectivity index (χ2v) is 5.95. The number of ether oxygens (including phenoxy) is 2. The Kier molecular flexibility index (Phi) is 5.15. The fourth-order valence-corrected chi connectivity index (χ4v) is 2.71. The number of carbonyl (C=O) groups is 1. The van der Waals surface area contributed by atoms with Gasteiger partial charge in [0.25, 0.3) is 0 Å². The van der Waals surface area contributed by atoms with E-state index in [4.69, 9.17) is 4.74 Å². The highest BCUT2D eigenvalue weighted by molar-refractivity contribution is 7.90. The monoisotopic (exact) mass is 272 g/mol. The molecule has 0 saturated carbocycles. The molecule has 0 aliphatic heterocycles. The molecular formula is C12H16O5S. The first-order valence-corrected chi connectivity index (χ1v) is 7.19. The molecule has 0 saturated heterocycles. The molecule has 0 aliphatic rings. The van der Waals surface area contributed by atoms with Gasteiger partial charge in [-0.25, -0.2) is 8.42 Å². The molecule has 0 fully saturated rings. The molecular weight excluding hydrogens is 256 g/mol. The number of methoxy groups -OCH3 is 2. The molecule has 100 valence electrons. The first-order chi connectivity index (χ1) is 8.46. The van der Waals surface area contributed by atoms with Gasteiger partial charge in [-0.2, -0.15) is 0 Å². The molecule has 1 rings (SSSR count). The minimum absolute atomic E-state index is 0.0893. The zero-order valence-corrected chi connectivity index (χ0v) is 11.2. The number of esters is 1. The Morgan fingerprint density at radius 3 is 2.28 bits per heavy atom. The van der Waals surface area contributed by atoms with Crippen molar-refractivity contribution in [1.82, 2.24) is 0 Å². The standard InChI is InChI=1S/C12H16O5S/c1-16-11-5-3-10(4-6-11)9-18(14,15)8-7-12(13)17-2/h3-6H,7-9H2,1-2H3. The highest BCUT2D eigenvalue weighted by Crippen LogP contribution is 2.14. The molecule has 0 N–H and O–H groups in total. The maximum absolute atomic E-state index is 11.7. The van der Waals surface area contributed by atoms with Crippen LogP contribution in [0.5, 0.6) is 5.75 Å². The van der Waals surface area contributed by atoms with E-state index in [1.165, 1.54) is 7.11 Å². The Morgan fingerprint density at radius 2 is 1.78 bits per heavy atom. The van der Waals surface area contributed by atoms with Crippen LogP contribution in [0.3, 0.4) is 0 Å². The lowest BCUT2D eigenvalue weighted by molar-refractivity contribution is -0.140. The van der Waals surface area contributed by atoms with E-state index >= 15 is 0 Å². The summed E-state index contributed by atoms with van der Waals surface area (Å²) >= 11 is 0. The second kappa shape index (κ2) is 6.39. The lowest BCUT2D eigenvalue weighted by Crippen LogP contribution is -2.14. The highest BCUT2D eigenvalue weighted by atomic mass is 32.2. The van der Waals surface area contributed by atoms with Gasteiger partial charge in [-0.1, -0.05) is 12.1 Å². The van der Waals surface area contributed by atoms with Crippen molar-refractivity contribution in [2.45, 2.75) is 12.2 Å². The fourth-order valence-electron chi connectivity index (χ4n) is 1.39. The van der Waals surface area contributed by atoms with Crippen LogP contribution < -0.4 is 4.74 Å². The summed E-state index contributed by atoms with van der Waals surface area (Å²) in [4.78, 5) is 10.9. The van der Waals surface area contributed by atoms with E-state index in [0.717, 1.165) is 0 Å². The average molecular weight is 272 g/mol. The van der Waals surface area contributed by atoms with Crippen molar-refractivity contribution in [3.05, 3.63) is 29.8 Å². The van der Waals surface area contributed by atoms with Gasteiger partial charge in [-0.15, -0.1) is 0 Å². The molecule has 0 unspecified atom stereocenters. The van der Waals surface area contributed by atoms with Gasteiger partial charge in [-0.05, 0) is 17.7 Å². The topological polar surface area (TPSA) is 69.7 Å². The summed E-state index contributed by atoms with van der Waals surface area (Å²) in [5.74, 6) is -0.140. The predicted molar refractivity (Wildman–Crippen MR) is 67.1 cm³/mol. The molecule has 0 bridgehead atoms. The quantitative estimate of drug-likeness (QED) is 0.727. The third kappa shape index (κ3) is 4.75. The predicted octanol–water partition coefficient (Wildman–Crippen LogP) is 1.17. The minimum atomic E-state index is -3.30. The summed E-state index contributed by atoms with van der Waals surface area (Å²) in [5.41, 5.74) is 0.667. The smallest absolute Gasteiger partial charge is 0.306 e. The molecule has 0 radical (unpaired) electrons. The SMILES string of the molecule is COC(=O)CCS(=O)(=O)Cc1ccc(OC)cc1. The van der Waals surface area contributed by atoms with Crippen LogP contribution in [-0.4, -0.2) is 34.4 Å². The molecule has 1 aromatic carbocycles. The lowest BCUT2D eigenvalue weighted by Gasteiger charge is -2.05. The van der Waals surface area contributed by atoms with Gasteiger partial charge in [0.2, 0.25) is 0 Å². The van der Waals surface area contributed by atoms with Crippen molar-refractivity contribution in [3.63, 3.8) is 0 Å². The first-order valence-electron chi connectivity index (χ1n) is 5.37. The summed E-state index contributed by atoms with van der Waals surface area (Å²) in [6.07, 6.45) is -0.116. The summed E-state index contributed by atoms with van der Waals surface area (Å²) in [6, 6.07) is 6.78. The normalized spacial score (nSPS) is 11.0. The molecule has 0 aromatic heterocycles. The second-order valence-electron chi connectivity index (χ2n) is 3.77. The van der Waals surface area contributed by atoms with Gasteiger partial charge in [0.15, 0.2) is 9.84 Å². The summed E-state index contributed by atoms with van der Waals surface area (Å²) in [6.45, 7) is 0. The largest absolute Gasteiger partial charge is 0.497 e. The number of hydrogen-bond acceptors (Lipinski definition) is 5. The molecule has 5 nitrogen and oxygen atoms in total. The van der Waals surface area contributed by atoms with E-state index in [-0.39, 0.29) is 17.9 Å². The van der Waals surface area contributed by atoms with Crippen molar-refractivity contribution >= 4 is 15.8 Å². The highest BCUT2D eigenvalue weighted by Gasteiger charge is 2.14. The maximum atomic E-state index is 11.7. The van der Waals surface area contributed by atoms with Crippen molar-refractivity contribution in [2.75, 3.05) is 20.0 Å². The van der Waals surface area contributed by atoms with Gasteiger partial charge in [0, 0.05) is 0 Å². The number of rotatable bonds is 6. The Balaban J connectivity index is 2.61. The van der Waals surface area contributed by atoms with Crippen LogP contribution in [0, 0.1) is 0 Å². The molecule has 0 aliphatic carbocycles. The van der Waals surface area contributed by atoms with Gasteiger partial charge < -0.3 is 9.47 Å². The number of carbonyl (C=O) groups excluding carboxylic acids is 1. The Hall–Kier alpha value is -1.56. The van der Waals surface area contributed by atoms with E-state index in [1.807, 2.05) is 0 Å². The van der Waals surface area contributed by atoms with Crippen molar-refractivity contribution < 1.29 is 22.7 Å². The van der Waals surface area contributed by atoms with E-state index in [9.17, 15) is 13.2 Å². The van der Waals surface area contributed by atoms with Gasteiger partial charge in [-0.3, -0.25) is 4.79 Å². The minimum Gasteiger partial charge on any atom is -0.497 e. The Morgan fingerprint density at radius 1 is 1.17 bits per heavy atom. The summed E-state index contributed by atoms with van der Waals surface area (Å²) < 4.78 is 32.9. The van der Waals surface area contributed by atoms with Crippen LogP contribution in [0.1, 0.15) is 12.0 Å². The Bertz CT molecular complexity index is 490. The average Bonchev–Trinajstić information content (AvgIpc) is 2.36. The number of sulfone groups is 1. The Labute approximate surface area is 107 Å². The number of benzene rings is 1. The third-order valence-electron chi connectivity index (χ3n) is 2.39. The van der Waals surface area contributed by atoms with Crippen LogP contribution in [0.2, 0.25) is 0 Å². The van der Waals surface area contributed by atoms with Gasteiger partial charge >= 0.3 is 5.97 Å². The van der Waals surface area contributed by atoms with Crippen LogP contribution in [-0.2, 0) is 25.1 Å². The van der Waals surface area contributed by atoms with Crippen molar-refractivity contribution in [1.29, 1.82) is 0 Å². The molecule has 0 amide bonds. The van der Waals surface area contributed by atoms with Gasteiger partial charge in [0.1, 0.15) is 5.75 Å². The van der Waals surface area contributed by atoms with Crippen LogP contribution >= 0.6 is 0 Å². The zero-order valence-electron chi connectivity index (χ0n) is 10.4. The molecule has 18 heavy (non-hydrogen) atoms. The van der Waals surface area contributed by atoms with Crippen LogP contribution in [0.15, 0.2) is 24.3 Å². The van der Waals surface area contributed by atoms with Gasteiger partial charge in [0.05, 0.1) is 32.1 Å². The van der Waals surface area contributed by atoms with E-state index in [0.29, 0.717) is 11.3 Å². The molecule has 6 heteroatoms. The molecule has 0 heterocycles. The summed E-state index contributed by atoms with van der Waals surface area (Å²) in [7, 11) is -0.523. The summed E-state index contributed by atoms with van der Waals surface area (Å²) in [5, 5.41) is 0. The number of hydrogen-bond donors (Lipinski definition) is 0. The van der Waals surface area contributed by atoms with E-state index < -0.39 is 15.8 Å². The molecule has 0 atom stereocenters. The van der Waals surface area contributed by atoms with E-state index in [2.05, 4.69) is 4.74 Å². The molecule has 1 aromatic rings. The maximum Gasteiger partial charge on any atom is 0.306 e. The first kappa shape index (κ1) is 14.5. The van der Waals surface area contributed by atoms with Crippen LogP contribution in [0.25, 0.3) is 0 Å². The molecule has 0 spiro atoms.